The molecule has 0 spiro atoms. The van der Waals surface area contributed by atoms with E-state index in [-0.39, 0.29) is 11.5 Å². The van der Waals surface area contributed by atoms with Crippen LogP contribution in [0.2, 0.25) is 5.02 Å². The Labute approximate surface area is 209 Å². The fourth-order valence-corrected chi connectivity index (χ4v) is 4.37. The Morgan fingerprint density at radius 1 is 1.11 bits per heavy atom. The lowest BCUT2D eigenvalue weighted by Gasteiger charge is -2.30. The molecule has 0 bridgehead atoms. The van der Waals surface area contributed by atoms with Crippen LogP contribution in [0.15, 0.2) is 71.5 Å². The Kier molecular flexibility index (Phi) is 7.22. The van der Waals surface area contributed by atoms with E-state index in [1.54, 1.807) is 46.9 Å². The minimum atomic E-state index is -0.499. The molecule has 3 aromatic carbocycles. The predicted molar refractivity (Wildman–Crippen MR) is 140 cm³/mol. The smallest absolute Gasteiger partial charge is 0.266 e. The molecule has 1 unspecified atom stereocenters. The van der Waals surface area contributed by atoms with Gasteiger partial charge in [-0.2, -0.15) is 0 Å². The highest BCUT2D eigenvalue weighted by molar-refractivity contribution is 6.30. The van der Waals surface area contributed by atoms with Crippen LogP contribution in [-0.2, 0) is 0 Å². The lowest BCUT2D eigenvalue weighted by molar-refractivity contribution is 0.0681. The fraction of sp³-hybridized carbons (Fsp3) is 0.250. The van der Waals surface area contributed by atoms with Crippen LogP contribution in [0, 0.1) is 6.92 Å². The van der Waals surface area contributed by atoms with Crippen molar-refractivity contribution in [3.05, 3.63) is 99.1 Å². The van der Waals surface area contributed by atoms with Gasteiger partial charge < -0.3 is 9.64 Å². The number of hydrogen-bond acceptors (Lipinski definition) is 4. The van der Waals surface area contributed by atoms with Gasteiger partial charge in [-0.3, -0.25) is 14.2 Å². The van der Waals surface area contributed by atoms with Crippen molar-refractivity contribution in [1.29, 1.82) is 0 Å². The first-order valence-corrected chi connectivity index (χ1v) is 12.0. The number of carbonyl (C=O) groups excluding carboxylic acids is 1. The first-order chi connectivity index (χ1) is 16.8. The second-order valence-corrected chi connectivity index (χ2v) is 8.92. The van der Waals surface area contributed by atoms with Gasteiger partial charge in [0.2, 0.25) is 0 Å². The molecule has 0 radical (unpaired) electrons. The van der Waals surface area contributed by atoms with Crippen molar-refractivity contribution in [2.24, 2.45) is 0 Å². The van der Waals surface area contributed by atoms with Crippen LogP contribution < -0.4 is 10.3 Å². The van der Waals surface area contributed by atoms with Gasteiger partial charge in [0.25, 0.3) is 11.5 Å². The minimum absolute atomic E-state index is 0.152. The molecule has 35 heavy (non-hydrogen) atoms. The summed E-state index contributed by atoms with van der Waals surface area (Å²) in [5, 5.41) is 1.06. The highest BCUT2D eigenvalue weighted by Gasteiger charge is 2.28. The highest BCUT2D eigenvalue weighted by Crippen LogP contribution is 2.29. The van der Waals surface area contributed by atoms with E-state index in [2.05, 4.69) is 0 Å². The summed E-state index contributed by atoms with van der Waals surface area (Å²) in [5.41, 5.74) is 2.46. The normalized spacial score (nSPS) is 11.9. The Morgan fingerprint density at radius 3 is 2.51 bits per heavy atom. The second kappa shape index (κ2) is 10.3. The molecule has 1 atom stereocenters. The summed E-state index contributed by atoms with van der Waals surface area (Å²) in [4.78, 5) is 34.1. The molecule has 7 heteroatoms. The Hall–Kier alpha value is -3.64. The van der Waals surface area contributed by atoms with E-state index in [4.69, 9.17) is 21.3 Å². The molecule has 0 saturated heterocycles. The number of carbonyl (C=O) groups is 1. The van der Waals surface area contributed by atoms with Crippen molar-refractivity contribution in [2.75, 3.05) is 13.7 Å². The maximum absolute atomic E-state index is 13.8. The zero-order chi connectivity index (χ0) is 25.1. The van der Waals surface area contributed by atoms with E-state index in [1.165, 1.54) is 0 Å². The quantitative estimate of drug-likeness (QED) is 0.321. The van der Waals surface area contributed by atoms with Gasteiger partial charge in [-0.25, -0.2) is 4.98 Å². The molecule has 0 N–H and O–H groups in total. The molecule has 0 aliphatic rings. The summed E-state index contributed by atoms with van der Waals surface area (Å²) in [6, 6.07) is 19.2. The average molecular weight is 490 g/mol. The molecule has 0 fully saturated rings. The number of amides is 1. The number of rotatable bonds is 7. The lowest BCUT2D eigenvalue weighted by atomic mass is 10.1. The number of methoxy groups -OCH3 is 1. The molecule has 0 aliphatic carbocycles. The molecule has 4 rings (SSSR count). The zero-order valence-electron chi connectivity index (χ0n) is 20.3. The van der Waals surface area contributed by atoms with Crippen LogP contribution in [-0.4, -0.2) is 34.0 Å². The molecule has 1 aromatic heterocycles. The third-order valence-electron chi connectivity index (χ3n) is 6.03. The molecule has 4 aromatic rings. The number of benzene rings is 3. The van der Waals surface area contributed by atoms with E-state index in [9.17, 15) is 9.59 Å². The highest BCUT2D eigenvalue weighted by atomic mass is 35.5. The first kappa shape index (κ1) is 24.5. The van der Waals surface area contributed by atoms with Gasteiger partial charge in [-0.1, -0.05) is 36.7 Å². The van der Waals surface area contributed by atoms with Gasteiger partial charge in [0.15, 0.2) is 0 Å². The van der Waals surface area contributed by atoms with Crippen molar-refractivity contribution in [3.63, 3.8) is 0 Å². The lowest BCUT2D eigenvalue weighted by Crippen LogP contribution is -2.38. The molecular weight excluding hydrogens is 462 g/mol. The van der Waals surface area contributed by atoms with Crippen molar-refractivity contribution >= 4 is 28.4 Å². The molecule has 180 valence electrons. The van der Waals surface area contributed by atoms with E-state index < -0.39 is 6.04 Å². The maximum atomic E-state index is 13.8. The standard InChI is InChI=1S/C28H28ClN3O3/c1-5-16-31(27(33)20-11-13-21(29)14-12-20)19(3)26-30-23-9-7-6-8-22(23)28(34)32(26)24-17-18(2)10-15-25(24)35-4/h6-15,17,19H,5,16H2,1-4H3. The van der Waals surface area contributed by atoms with Gasteiger partial charge in [0.1, 0.15) is 11.6 Å². The van der Waals surface area contributed by atoms with Crippen LogP contribution >= 0.6 is 11.6 Å². The van der Waals surface area contributed by atoms with Gasteiger partial charge in [-0.05, 0) is 74.4 Å². The summed E-state index contributed by atoms with van der Waals surface area (Å²) in [6.45, 7) is 6.37. The van der Waals surface area contributed by atoms with E-state index in [0.717, 1.165) is 12.0 Å². The van der Waals surface area contributed by atoms with Crippen molar-refractivity contribution in [1.82, 2.24) is 14.5 Å². The van der Waals surface area contributed by atoms with E-state index >= 15 is 0 Å². The third kappa shape index (κ3) is 4.80. The average Bonchev–Trinajstić information content (AvgIpc) is 2.87. The van der Waals surface area contributed by atoms with Gasteiger partial charge in [0.05, 0.1) is 29.7 Å². The SMILES string of the molecule is CCCN(C(=O)c1ccc(Cl)cc1)C(C)c1nc2ccccc2c(=O)n1-c1cc(C)ccc1OC. The first-order valence-electron chi connectivity index (χ1n) is 11.6. The van der Waals surface area contributed by atoms with Crippen LogP contribution in [0.25, 0.3) is 16.6 Å². The summed E-state index contributed by atoms with van der Waals surface area (Å²) < 4.78 is 7.19. The zero-order valence-corrected chi connectivity index (χ0v) is 21.0. The summed E-state index contributed by atoms with van der Waals surface area (Å²) in [6.07, 6.45) is 0.745. The van der Waals surface area contributed by atoms with Crippen molar-refractivity contribution in [2.45, 2.75) is 33.2 Å². The Balaban J connectivity index is 1.95. The maximum Gasteiger partial charge on any atom is 0.266 e. The van der Waals surface area contributed by atoms with E-state index in [0.29, 0.717) is 45.3 Å². The van der Waals surface area contributed by atoms with Crippen LogP contribution in [0.4, 0.5) is 0 Å². The number of fused-ring (bicyclic) bond motifs is 1. The van der Waals surface area contributed by atoms with Crippen LogP contribution in [0.3, 0.4) is 0 Å². The molecule has 1 amide bonds. The minimum Gasteiger partial charge on any atom is -0.495 e. The molecule has 6 nitrogen and oxygen atoms in total. The number of nitrogens with zero attached hydrogens (tertiary/aromatic N) is 3. The number of para-hydroxylation sites is 1. The molecule has 0 saturated carbocycles. The van der Waals surface area contributed by atoms with Gasteiger partial charge >= 0.3 is 0 Å². The van der Waals surface area contributed by atoms with Crippen LogP contribution in [0.1, 0.15) is 48.1 Å². The molecule has 1 heterocycles. The number of hydrogen-bond donors (Lipinski definition) is 0. The third-order valence-corrected chi connectivity index (χ3v) is 6.29. The largest absolute Gasteiger partial charge is 0.495 e. The summed E-state index contributed by atoms with van der Waals surface area (Å²) in [5.74, 6) is 0.865. The molecule has 0 aliphatic heterocycles. The Morgan fingerprint density at radius 2 is 1.83 bits per heavy atom. The summed E-state index contributed by atoms with van der Waals surface area (Å²) in [7, 11) is 1.57. The summed E-state index contributed by atoms with van der Waals surface area (Å²) >= 11 is 6.03. The van der Waals surface area contributed by atoms with E-state index in [1.807, 2.05) is 57.2 Å². The van der Waals surface area contributed by atoms with Crippen molar-refractivity contribution in [3.8, 4) is 11.4 Å². The second-order valence-electron chi connectivity index (χ2n) is 8.48. The van der Waals surface area contributed by atoms with Crippen molar-refractivity contribution < 1.29 is 9.53 Å². The Bertz CT molecular complexity index is 1430. The topological polar surface area (TPSA) is 64.4 Å². The molecular formula is C28H28ClN3O3. The van der Waals surface area contributed by atoms with Gasteiger partial charge in [-0.15, -0.1) is 0 Å². The number of aromatic nitrogens is 2. The van der Waals surface area contributed by atoms with Crippen LogP contribution in [0.5, 0.6) is 5.75 Å². The monoisotopic (exact) mass is 489 g/mol. The number of aryl methyl sites for hydroxylation is 1. The number of ether oxygens (including phenoxy) is 1. The number of halogens is 1. The fourth-order valence-electron chi connectivity index (χ4n) is 4.25. The van der Waals surface area contributed by atoms with Gasteiger partial charge in [0, 0.05) is 17.1 Å². The predicted octanol–water partition coefficient (Wildman–Crippen LogP) is 5.97.